The summed E-state index contributed by atoms with van der Waals surface area (Å²) in [6.07, 6.45) is 0. The van der Waals surface area contributed by atoms with Crippen LogP contribution in [0.2, 0.25) is 0 Å². The van der Waals surface area contributed by atoms with Crippen LogP contribution in [0, 0.1) is 10.1 Å². The molecule has 6 rings (SSSR count). The van der Waals surface area contributed by atoms with E-state index >= 15 is 0 Å². The van der Waals surface area contributed by atoms with E-state index in [1.54, 1.807) is 34.7 Å². The molecule has 3 aromatic carbocycles. The minimum atomic E-state index is -0.465. The van der Waals surface area contributed by atoms with Gasteiger partial charge in [-0.1, -0.05) is 24.3 Å². The Morgan fingerprint density at radius 3 is 2.70 bits per heavy atom. The smallest absolute Gasteiger partial charge is 0.270 e. The third-order valence-electron chi connectivity index (χ3n) is 5.60. The topological polar surface area (TPSA) is 113 Å². The van der Waals surface area contributed by atoms with Gasteiger partial charge in [-0.2, -0.15) is 4.98 Å². The molecule has 0 aliphatic heterocycles. The van der Waals surface area contributed by atoms with Crippen molar-refractivity contribution in [1.29, 1.82) is 0 Å². The van der Waals surface area contributed by atoms with E-state index in [1.807, 2.05) is 24.3 Å². The van der Waals surface area contributed by atoms with Gasteiger partial charge in [0.25, 0.3) is 5.69 Å². The second-order valence-corrected chi connectivity index (χ2v) is 7.48. The number of nitro groups is 1. The third kappa shape index (κ3) is 2.76. The number of aromatic nitrogens is 3. The Balaban J connectivity index is 1.82. The molecule has 0 aliphatic rings. The van der Waals surface area contributed by atoms with Gasteiger partial charge in [0.2, 0.25) is 11.1 Å². The van der Waals surface area contributed by atoms with Crippen LogP contribution in [0.4, 0.5) is 5.69 Å². The molecular formula is C24H14N4O5. The number of hydrogen-bond donors (Lipinski definition) is 0. The summed E-state index contributed by atoms with van der Waals surface area (Å²) in [5.74, 6) is 0.914. The summed E-state index contributed by atoms with van der Waals surface area (Å²) in [4.78, 5) is 33.7. The summed E-state index contributed by atoms with van der Waals surface area (Å²) in [7, 11) is 1.53. The van der Waals surface area contributed by atoms with Crippen LogP contribution >= 0.6 is 0 Å². The molecular weight excluding hydrogens is 424 g/mol. The van der Waals surface area contributed by atoms with Crippen molar-refractivity contribution >= 4 is 44.4 Å². The molecule has 9 heteroatoms. The highest BCUT2D eigenvalue weighted by atomic mass is 16.6. The first-order valence-corrected chi connectivity index (χ1v) is 10.0. The number of para-hydroxylation sites is 2. The van der Waals surface area contributed by atoms with E-state index in [0.717, 1.165) is 5.52 Å². The van der Waals surface area contributed by atoms with Crippen molar-refractivity contribution in [3.63, 3.8) is 0 Å². The first-order valence-electron chi connectivity index (χ1n) is 10.0. The van der Waals surface area contributed by atoms with Gasteiger partial charge in [0.1, 0.15) is 16.7 Å². The minimum Gasteiger partial charge on any atom is -0.497 e. The molecule has 0 saturated heterocycles. The third-order valence-corrected chi connectivity index (χ3v) is 5.60. The van der Waals surface area contributed by atoms with Gasteiger partial charge in [0, 0.05) is 23.8 Å². The predicted molar refractivity (Wildman–Crippen MR) is 123 cm³/mol. The van der Waals surface area contributed by atoms with E-state index in [2.05, 4.69) is 4.98 Å². The number of benzene rings is 3. The summed E-state index contributed by atoms with van der Waals surface area (Å²) in [6.45, 7) is 0. The quantitative estimate of drug-likeness (QED) is 0.223. The van der Waals surface area contributed by atoms with Crippen molar-refractivity contribution < 1.29 is 14.1 Å². The number of ether oxygens (including phenoxy) is 1. The minimum absolute atomic E-state index is 0.0725. The van der Waals surface area contributed by atoms with Gasteiger partial charge in [-0.3, -0.25) is 19.3 Å². The molecule has 3 aromatic heterocycles. The first-order chi connectivity index (χ1) is 16.0. The summed E-state index contributed by atoms with van der Waals surface area (Å²) >= 11 is 0. The molecule has 0 amide bonds. The number of nitrogens with zero attached hydrogens (tertiary/aromatic N) is 4. The summed E-state index contributed by atoms with van der Waals surface area (Å²) in [5.41, 5.74) is 2.31. The fraction of sp³-hybridized carbons (Fsp3) is 0.0417. The maximum absolute atomic E-state index is 13.5. The molecule has 0 radical (unpaired) electrons. The lowest BCUT2D eigenvalue weighted by Crippen LogP contribution is -2.08. The monoisotopic (exact) mass is 438 g/mol. The molecule has 0 saturated carbocycles. The molecule has 0 aliphatic carbocycles. The van der Waals surface area contributed by atoms with Crippen molar-refractivity contribution in [3.8, 4) is 17.1 Å². The predicted octanol–water partition coefficient (Wildman–Crippen LogP) is 4.73. The van der Waals surface area contributed by atoms with E-state index in [4.69, 9.17) is 14.1 Å². The Morgan fingerprint density at radius 2 is 1.88 bits per heavy atom. The van der Waals surface area contributed by atoms with Gasteiger partial charge in [-0.25, -0.2) is 4.98 Å². The average Bonchev–Trinajstić information content (AvgIpc) is 3.22. The van der Waals surface area contributed by atoms with Gasteiger partial charge < -0.3 is 9.15 Å². The Kier molecular flexibility index (Phi) is 3.94. The summed E-state index contributed by atoms with van der Waals surface area (Å²) in [5, 5.41) is 12.0. The highest BCUT2D eigenvalue weighted by Gasteiger charge is 2.21. The number of methoxy groups -OCH3 is 1. The van der Waals surface area contributed by atoms with Crippen LogP contribution < -0.4 is 10.2 Å². The Bertz CT molecular complexity index is 1820. The highest BCUT2D eigenvalue weighted by Crippen LogP contribution is 2.31. The highest BCUT2D eigenvalue weighted by molar-refractivity contribution is 6.00. The normalized spacial score (nSPS) is 11.5. The number of fused-ring (bicyclic) bond motifs is 6. The zero-order valence-corrected chi connectivity index (χ0v) is 17.2. The molecule has 6 aromatic rings. The van der Waals surface area contributed by atoms with E-state index in [1.165, 1.54) is 19.2 Å². The largest absolute Gasteiger partial charge is 0.497 e. The fourth-order valence-electron chi connectivity index (χ4n) is 4.07. The second-order valence-electron chi connectivity index (χ2n) is 7.48. The number of hydrogen-bond acceptors (Lipinski definition) is 7. The molecule has 0 unspecified atom stereocenters. The van der Waals surface area contributed by atoms with Crippen LogP contribution in [0.25, 0.3) is 50.1 Å². The second kappa shape index (κ2) is 6.86. The lowest BCUT2D eigenvalue weighted by Gasteiger charge is -2.09. The van der Waals surface area contributed by atoms with Crippen LogP contribution in [0.1, 0.15) is 0 Å². The van der Waals surface area contributed by atoms with Crippen LogP contribution in [0.3, 0.4) is 0 Å². The van der Waals surface area contributed by atoms with Gasteiger partial charge in [-0.15, -0.1) is 0 Å². The van der Waals surface area contributed by atoms with Crippen LogP contribution in [-0.4, -0.2) is 26.4 Å². The van der Waals surface area contributed by atoms with Crippen molar-refractivity contribution in [2.24, 2.45) is 0 Å². The van der Waals surface area contributed by atoms with E-state index in [9.17, 15) is 14.9 Å². The molecule has 9 nitrogen and oxygen atoms in total. The summed E-state index contributed by atoms with van der Waals surface area (Å²) < 4.78 is 13.0. The van der Waals surface area contributed by atoms with Gasteiger partial charge in [0.15, 0.2) is 11.5 Å². The van der Waals surface area contributed by atoms with Crippen molar-refractivity contribution in [2.75, 3.05) is 7.11 Å². The van der Waals surface area contributed by atoms with Crippen molar-refractivity contribution in [3.05, 3.63) is 87.1 Å². The zero-order valence-electron chi connectivity index (χ0n) is 17.2. The molecule has 0 fully saturated rings. The van der Waals surface area contributed by atoms with Crippen LogP contribution in [0.5, 0.6) is 5.75 Å². The number of rotatable bonds is 3. The Labute approximate surface area is 184 Å². The maximum atomic E-state index is 13.5. The van der Waals surface area contributed by atoms with Crippen molar-refractivity contribution in [1.82, 2.24) is 14.4 Å². The van der Waals surface area contributed by atoms with Crippen LogP contribution in [0.15, 0.2) is 75.9 Å². The average molecular weight is 438 g/mol. The molecule has 3 heterocycles. The zero-order chi connectivity index (χ0) is 22.7. The molecule has 33 heavy (non-hydrogen) atoms. The lowest BCUT2D eigenvalue weighted by atomic mass is 10.1. The fourth-order valence-corrected chi connectivity index (χ4v) is 4.07. The molecule has 160 valence electrons. The van der Waals surface area contributed by atoms with Crippen molar-refractivity contribution in [2.45, 2.75) is 0 Å². The SMILES string of the molecule is COc1ccc2c(=O)c3c(nc(-c4cccc([N+](=O)[O-])c4)n4c5ccccc5nc34)oc2c1. The van der Waals surface area contributed by atoms with E-state index in [-0.39, 0.29) is 22.2 Å². The molecule has 0 bridgehead atoms. The van der Waals surface area contributed by atoms with Gasteiger partial charge in [0.05, 0.1) is 28.5 Å². The number of nitro benzene ring substituents is 1. The van der Waals surface area contributed by atoms with Gasteiger partial charge >= 0.3 is 0 Å². The standard InChI is InChI=1S/C24H14N4O5/c1-32-15-9-10-16-19(12-15)33-24-20(21(16)29)23-25-17-7-2-3-8-18(17)27(23)22(26-24)13-5-4-6-14(11-13)28(30)31/h2-12H,1H3. The molecule has 0 spiro atoms. The van der Waals surface area contributed by atoms with E-state index < -0.39 is 4.92 Å². The maximum Gasteiger partial charge on any atom is 0.270 e. The Morgan fingerprint density at radius 1 is 1.03 bits per heavy atom. The molecule has 0 atom stereocenters. The van der Waals surface area contributed by atoms with Crippen LogP contribution in [-0.2, 0) is 0 Å². The Hall–Kier alpha value is -4.79. The number of non-ortho nitro benzene ring substituents is 1. The summed E-state index contributed by atoms with van der Waals surface area (Å²) in [6, 6.07) is 18.5. The number of imidazole rings is 1. The lowest BCUT2D eigenvalue weighted by molar-refractivity contribution is -0.384. The first kappa shape index (κ1) is 18.9. The van der Waals surface area contributed by atoms with Gasteiger partial charge in [-0.05, 0) is 24.3 Å². The molecule has 0 N–H and O–H groups in total. The van der Waals surface area contributed by atoms with E-state index in [0.29, 0.717) is 39.3 Å².